The molecule has 0 heterocycles. The predicted octanol–water partition coefficient (Wildman–Crippen LogP) is 3.37. The summed E-state index contributed by atoms with van der Waals surface area (Å²) < 4.78 is 36.8. The van der Waals surface area contributed by atoms with Crippen LogP contribution in [0.3, 0.4) is 0 Å². The van der Waals surface area contributed by atoms with Gasteiger partial charge in [-0.3, -0.25) is 4.79 Å². The topological polar surface area (TPSA) is 63.2 Å². The number of rotatable bonds is 6. The lowest BCUT2D eigenvalue weighted by molar-refractivity contribution is 0.0929. The average molecular weight is 336 g/mol. The van der Waals surface area contributed by atoms with Gasteiger partial charge in [0.1, 0.15) is 5.82 Å². The average Bonchev–Trinajstić information content (AvgIpc) is 2.36. The lowest BCUT2D eigenvalue weighted by atomic mass is 10.1. The Bertz CT molecular complexity index is 631. The van der Waals surface area contributed by atoms with Crippen molar-refractivity contribution >= 4 is 25.6 Å². The van der Waals surface area contributed by atoms with E-state index in [0.717, 1.165) is 25.0 Å². The van der Waals surface area contributed by atoms with Gasteiger partial charge in [-0.1, -0.05) is 20.3 Å². The fraction of sp³-hybridized carbons (Fsp3) is 0.500. The second-order valence-electron chi connectivity index (χ2n) is 4.90. The van der Waals surface area contributed by atoms with Gasteiger partial charge in [-0.15, -0.1) is 0 Å². The van der Waals surface area contributed by atoms with Crippen LogP contribution in [-0.4, -0.2) is 20.4 Å². The highest BCUT2D eigenvalue weighted by Crippen LogP contribution is 2.23. The molecule has 0 saturated carbocycles. The van der Waals surface area contributed by atoms with Gasteiger partial charge in [0, 0.05) is 16.7 Å². The molecule has 1 atom stereocenters. The summed E-state index contributed by atoms with van der Waals surface area (Å²) in [5, 5.41) is 2.71. The zero-order chi connectivity index (χ0) is 16.2. The standard InChI is InChI=1S/C14H19ClFNO3S/c1-4-6-10(5-2)17-14(18)11-8-13(21(15,19)20)9(3)7-12(11)16/h7-8,10H,4-6H2,1-3H3,(H,17,18). The minimum atomic E-state index is -4.02. The number of carbonyl (C=O) groups is 1. The smallest absolute Gasteiger partial charge is 0.261 e. The summed E-state index contributed by atoms with van der Waals surface area (Å²) in [6.07, 6.45) is 2.38. The van der Waals surface area contributed by atoms with Crippen molar-refractivity contribution in [1.82, 2.24) is 5.32 Å². The second kappa shape index (κ2) is 7.22. The molecule has 1 amide bonds. The first-order valence-corrected chi connectivity index (χ1v) is 9.07. The Hall–Kier alpha value is -1.14. The van der Waals surface area contributed by atoms with Crippen molar-refractivity contribution in [2.75, 3.05) is 0 Å². The molecule has 0 aliphatic carbocycles. The number of halogens is 2. The van der Waals surface area contributed by atoms with E-state index in [-0.39, 0.29) is 22.1 Å². The van der Waals surface area contributed by atoms with Crippen molar-refractivity contribution in [3.8, 4) is 0 Å². The Labute approximate surface area is 129 Å². The predicted molar refractivity (Wildman–Crippen MR) is 80.6 cm³/mol. The van der Waals surface area contributed by atoms with E-state index in [1.165, 1.54) is 6.92 Å². The van der Waals surface area contributed by atoms with Crippen LogP contribution < -0.4 is 5.32 Å². The molecule has 1 unspecified atom stereocenters. The lowest BCUT2D eigenvalue weighted by Gasteiger charge is -2.17. The monoisotopic (exact) mass is 335 g/mol. The van der Waals surface area contributed by atoms with Gasteiger partial charge >= 0.3 is 0 Å². The quantitative estimate of drug-likeness (QED) is 0.811. The van der Waals surface area contributed by atoms with E-state index in [2.05, 4.69) is 5.32 Å². The molecule has 0 saturated heterocycles. The number of benzene rings is 1. The highest BCUT2D eigenvalue weighted by molar-refractivity contribution is 8.13. The zero-order valence-electron chi connectivity index (χ0n) is 12.2. The second-order valence-corrected chi connectivity index (χ2v) is 7.44. The van der Waals surface area contributed by atoms with Crippen molar-refractivity contribution in [2.45, 2.75) is 51.0 Å². The first-order chi connectivity index (χ1) is 9.70. The molecule has 7 heteroatoms. The first-order valence-electron chi connectivity index (χ1n) is 6.76. The summed E-state index contributed by atoms with van der Waals surface area (Å²) in [6, 6.07) is 1.92. The van der Waals surface area contributed by atoms with Gasteiger partial charge in [0.25, 0.3) is 15.0 Å². The fourth-order valence-corrected chi connectivity index (χ4v) is 3.28. The SMILES string of the molecule is CCCC(CC)NC(=O)c1cc(S(=O)(=O)Cl)c(C)cc1F. The minimum absolute atomic E-state index is 0.0701. The number of nitrogens with one attached hydrogen (secondary N) is 1. The maximum atomic E-state index is 13.9. The molecule has 0 aliphatic heterocycles. The fourth-order valence-electron chi connectivity index (χ4n) is 2.08. The van der Waals surface area contributed by atoms with Crippen LogP contribution in [0, 0.1) is 12.7 Å². The Balaban J connectivity index is 3.15. The molecule has 1 rings (SSSR count). The summed E-state index contributed by atoms with van der Waals surface area (Å²) in [6.45, 7) is 5.33. The Morgan fingerprint density at radius 3 is 2.48 bits per heavy atom. The van der Waals surface area contributed by atoms with Crippen LogP contribution in [0.5, 0.6) is 0 Å². The normalized spacial score (nSPS) is 13.0. The van der Waals surface area contributed by atoms with E-state index >= 15 is 0 Å². The molecule has 21 heavy (non-hydrogen) atoms. The summed E-state index contributed by atoms with van der Waals surface area (Å²) >= 11 is 0. The van der Waals surface area contributed by atoms with E-state index in [1.807, 2.05) is 13.8 Å². The van der Waals surface area contributed by atoms with Gasteiger partial charge in [0.2, 0.25) is 0 Å². The molecule has 0 bridgehead atoms. The van der Waals surface area contributed by atoms with E-state index in [9.17, 15) is 17.6 Å². The maximum absolute atomic E-state index is 13.9. The summed E-state index contributed by atoms with van der Waals surface area (Å²) in [7, 11) is 1.27. The number of amides is 1. The van der Waals surface area contributed by atoms with Crippen molar-refractivity contribution < 1.29 is 17.6 Å². The van der Waals surface area contributed by atoms with E-state index < -0.39 is 20.8 Å². The molecule has 4 nitrogen and oxygen atoms in total. The van der Waals surface area contributed by atoms with E-state index in [1.54, 1.807) is 0 Å². The van der Waals surface area contributed by atoms with Gasteiger partial charge in [-0.05, 0) is 37.5 Å². The van der Waals surface area contributed by atoms with Crippen LogP contribution >= 0.6 is 10.7 Å². The Morgan fingerprint density at radius 2 is 2.00 bits per heavy atom. The number of hydrogen-bond acceptors (Lipinski definition) is 3. The third kappa shape index (κ3) is 4.68. The third-order valence-corrected chi connectivity index (χ3v) is 4.70. The van der Waals surface area contributed by atoms with Gasteiger partial charge in [0.05, 0.1) is 10.5 Å². The number of hydrogen-bond donors (Lipinski definition) is 1. The largest absolute Gasteiger partial charge is 0.349 e. The highest BCUT2D eigenvalue weighted by Gasteiger charge is 2.21. The molecule has 1 N–H and O–H groups in total. The van der Waals surface area contributed by atoms with Gasteiger partial charge in [-0.2, -0.15) is 0 Å². The Kier molecular flexibility index (Phi) is 6.16. The van der Waals surface area contributed by atoms with Crippen molar-refractivity contribution in [1.29, 1.82) is 0 Å². The summed E-state index contributed by atoms with van der Waals surface area (Å²) in [4.78, 5) is 11.9. The van der Waals surface area contributed by atoms with Crippen LogP contribution in [0.4, 0.5) is 4.39 Å². The number of aryl methyl sites for hydroxylation is 1. The van der Waals surface area contributed by atoms with E-state index in [0.29, 0.717) is 6.42 Å². The molecular formula is C14H19ClFNO3S. The van der Waals surface area contributed by atoms with Gasteiger partial charge < -0.3 is 5.32 Å². The molecule has 0 fully saturated rings. The zero-order valence-corrected chi connectivity index (χ0v) is 13.8. The van der Waals surface area contributed by atoms with Crippen LogP contribution in [0.15, 0.2) is 17.0 Å². The molecule has 0 radical (unpaired) electrons. The van der Waals surface area contributed by atoms with Crippen LogP contribution in [0.25, 0.3) is 0 Å². The van der Waals surface area contributed by atoms with Crippen LogP contribution in [0.2, 0.25) is 0 Å². The molecular weight excluding hydrogens is 317 g/mol. The van der Waals surface area contributed by atoms with Crippen molar-refractivity contribution in [2.24, 2.45) is 0 Å². The highest BCUT2D eigenvalue weighted by atomic mass is 35.7. The van der Waals surface area contributed by atoms with Crippen molar-refractivity contribution in [3.05, 3.63) is 29.1 Å². The summed E-state index contributed by atoms with van der Waals surface area (Å²) in [5.41, 5.74) is -0.144. The molecule has 1 aromatic rings. The summed E-state index contributed by atoms with van der Waals surface area (Å²) in [5.74, 6) is -1.39. The molecule has 118 valence electrons. The molecule has 0 aromatic heterocycles. The van der Waals surface area contributed by atoms with Gasteiger partial charge in [-0.25, -0.2) is 12.8 Å². The van der Waals surface area contributed by atoms with Crippen molar-refractivity contribution in [3.63, 3.8) is 0 Å². The van der Waals surface area contributed by atoms with Crippen LogP contribution in [0.1, 0.15) is 49.0 Å². The van der Waals surface area contributed by atoms with Gasteiger partial charge in [0.15, 0.2) is 0 Å². The molecule has 0 spiro atoms. The van der Waals surface area contributed by atoms with Crippen LogP contribution in [-0.2, 0) is 9.05 Å². The van der Waals surface area contributed by atoms with E-state index in [4.69, 9.17) is 10.7 Å². The molecule has 0 aliphatic rings. The third-order valence-electron chi connectivity index (χ3n) is 3.24. The Morgan fingerprint density at radius 1 is 1.38 bits per heavy atom. The minimum Gasteiger partial charge on any atom is -0.349 e. The molecule has 1 aromatic carbocycles. The first kappa shape index (κ1) is 17.9. The number of carbonyl (C=O) groups excluding carboxylic acids is 1. The maximum Gasteiger partial charge on any atom is 0.261 e. The lowest BCUT2D eigenvalue weighted by Crippen LogP contribution is -2.34.